The minimum absolute atomic E-state index is 0.0823. The number of hydrogen-bond acceptors (Lipinski definition) is 8. The lowest BCUT2D eigenvalue weighted by atomic mass is 10.3. The second-order valence-electron chi connectivity index (χ2n) is 7.18. The Bertz CT molecular complexity index is 1280. The van der Waals surface area contributed by atoms with Crippen LogP contribution in [0.25, 0.3) is 0 Å². The Morgan fingerprint density at radius 3 is 2.38 bits per heavy atom. The average Bonchev–Trinajstić information content (AvgIpc) is 3.12. The van der Waals surface area contributed by atoms with Crippen LogP contribution in [0.2, 0.25) is 5.02 Å². The first-order valence-electron chi connectivity index (χ1n) is 10.0. The summed E-state index contributed by atoms with van der Waals surface area (Å²) in [7, 11) is -2.52. The number of anilines is 1. The van der Waals surface area contributed by atoms with Crippen LogP contribution in [0.5, 0.6) is 5.75 Å². The topological polar surface area (TPSA) is 99.2 Å². The molecule has 2 aromatic carbocycles. The van der Waals surface area contributed by atoms with Crippen LogP contribution in [0, 0.1) is 0 Å². The Balaban J connectivity index is 1.87. The molecule has 0 aromatic heterocycles. The second kappa shape index (κ2) is 10.6. The molecule has 0 saturated heterocycles. The van der Waals surface area contributed by atoms with Crippen molar-refractivity contribution in [2.24, 2.45) is 0 Å². The smallest absolute Gasteiger partial charge is 0.350 e. The molecule has 1 aliphatic rings. The number of halogens is 1. The molecule has 0 spiro atoms. The van der Waals surface area contributed by atoms with E-state index in [0.29, 0.717) is 16.5 Å². The summed E-state index contributed by atoms with van der Waals surface area (Å²) in [5.74, 6) is -0.940. The van der Waals surface area contributed by atoms with Crippen molar-refractivity contribution in [2.45, 2.75) is 11.8 Å². The molecule has 0 radical (unpaired) electrons. The van der Waals surface area contributed by atoms with Gasteiger partial charge in [0.25, 0.3) is 0 Å². The number of rotatable bonds is 8. The number of nitrogens with zero attached hydrogens (tertiary/aromatic N) is 1. The minimum atomic E-state index is -4.23. The van der Waals surface area contributed by atoms with E-state index in [-0.39, 0.29) is 29.6 Å². The van der Waals surface area contributed by atoms with E-state index < -0.39 is 26.7 Å². The molecule has 2 aromatic rings. The molecule has 8 nitrogen and oxygen atoms in total. The van der Waals surface area contributed by atoms with Gasteiger partial charge in [0.1, 0.15) is 13.2 Å². The molecular formula is C24H22ClNO7S. The Kier molecular flexibility index (Phi) is 7.80. The normalized spacial score (nSPS) is 14.4. The first-order chi connectivity index (χ1) is 16.1. The van der Waals surface area contributed by atoms with Gasteiger partial charge in [-0.25, -0.2) is 18.0 Å². The number of carbonyl (C=O) groups excluding carboxylic acids is 2. The molecule has 0 unspecified atom stereocenters. The van der Waals surface area contributed by atoms with Crippen LogP contribution in [-0.4, -0.2) is 40.6 Å². The third kappa shape index (κ3) is 5.67. The highest BCUT2D eigenvalue weighted by Crippen LogP contribution is 2.39. The van der Waals surface area contributed by atoms with E-state index in [1.54, 1.807) is 48.3 Å². The number of fused-ring (bicyclic) bond motifs is 1. The van der Waals surface area contributed by atoms with Crippen molar-refractivity contribution in [1.82, 2.24) is 0 Å². The Hall–Kier alpha value is -3.56. The van der Waals surface area contributed by atoms with Crippen molar-refractivity contribution in [3.63, 3.8) is 0 Å². The molecule has 1 heterocycles. The zero-order chi connectivity index (χ0) is 24.9. The SMILES string of the molecule is C=C(C)C(=O)OCCOC(=O)/C(=C/C=C1\Oc2ccc(Cl)cc2N1C)S(=O)(=O)c1ccccc1. The van der Waals surface area contributed by atoms with E-state index in [0.717, 1.165) is 6.08 Å². The van der Waals surface area contributed by atoms with Crippen molar-refractivity contribution >= 4 is 39.1 Å². The fraction of sp³-hybridized carbons (Fsp3) is 0.167. The molecule has 0 bridgehead atoms. The zero-order valence-electron chi connectivity index (χ0n) is 18.5. The van der Waals surface area contributed by atoms with Gasteiger partial charge in [0.2, 0.25) is 9.84 Å². The van der Waals surface area contributed by atoms with Crippen LogP contribution < -0.4 is 9.64 Å². The van der Waals surface area contributed by atoms with Crippen molar-refractivity contribution in [1.29, 1.82) is 0 Å². The molecule has 10 heteroatoms. The summed E-state index contributed by atoms with van der Waals surface area (Å²) in [6, 6.07) is 12.5. The second-order valence-corrected chi connectivity index (χ2v) is 9.53. The van der Waals surface area contributed by atoms with Gasteiger partial charge in [0, 0.05) is 23.7 Å². The minimum Gasteiger partial charge on any atom is -0.459 e. The lowest BCUT2D eigenvalue weighted by molar-refractivity contribution is -0.146. The monoisotopic (exact) mass is 503 g/mol. The van der Waals surface area contributed by atoms with Crippen molar-refractivity contribution in [3.05, 3.63) is 88.6 Å². The standard InChI is InChI=1S/C24H22ClNO7S/c1-16(2)23(27)31-13-14-32-24(28)21(34(29,30)18-7-5-4-6-8-18)11-12-22-26(3)19-15-17(25)9-10-20(19)33-22/h4-12,15H,1,13-14H2,2-3H3/b21-11-,22-12-. The average molecular weight is 504 g/mol. The summed E-state index contributed by atoms with van der Waals surface area (Å²) >= 11 is 6.04. The summed E-state index contributed by atoms with van der Waals surface area (Å²) < 4.78 is 42.1. The fourth-order valence-corrected chi connectivity index (χ4v) is 4.35. The van der Waals surface area contributed by atoms with E-state index >= 15 is 0 Å². The number of sulfone groups is 1. The maximum absolute atomic E-state index is 13.2. The maximum Gasteiger partial charge on any atom is 0.350 e. The number of hydrogen-bond donors (Lipinski definition) is 0. The van der Waals surface area contributed by atoms with Gasteiger partial charge in [-0.3, -0.25) is 0 Å². The van der Waals surface area contributed by atoms with E-state index in [1.165, 1.54) is 25.1 Å². The first kappa shape index (κ1) is 25.1. The molecule has 178 valence electrons. The number of esters is 2. The van der Waals surface area contributed by atoms with E-state index in [9.17, 15) is 18.0 Å². The number of allylic oxidation sites excluding steroid dienone is 2. The molecule has 0 aliphatic carbocycles. The van der Waals surface area contributed by atoms with Crippen LogP contribution in [0.15, 0.2) is 88.5 Å². The van der Waals surface area contributed by atoms with E-state index in [1.807, 2.05) is 0 Å². The van der Waals surface area contributed by atoms with E-state index in [2.05, 4.69) is 6.58 Å². The highest BCUT2D eigenvalue weighted by atomic mass is 35.5. The molecule has 0 N–H and O–H groups in total. The predicted molar refractivity (Wildman–Crippen MR) is 127 cm³/mol. The number of benzene rings is 2. The first-order valence-corrected chi connectivity index (χ1v) is 11.9. The fourth-order valence-electron chi connectivity index (χ4n) is 2.89. The maximum atomic E-state index is 13.2. The van der Waals surface area contributed by atoms with Gasteiger partial charge in [-0.2, -0.15) is 0 Å². The van der Waals surface area contributed by atoms with Gasteiger partial charge in [0.15, 0.2) is 16.5 Å². The summed E-state index contributed by atoms with van der Waals surface area (Å²) in [6.07, 6.45) is 2.47. The predicted octanol–water partition coefficient (Wildman–Crippen LogP) is 4.03. The Labute approximate surface area is 202 Å². The molecule has 0 saturated carbocycles. The van der Waals surface area contributed by atoms with Crippen LogP contribution in [0.4, 0.5) is 5.69 Å². The quantitative estimate of drug-likeness (QED) is 0.302. The van der Waals surface area contributed by atoms with Gasteiger partial charge in [0.05, 0.1) is 10.6 Å². The van der Waals surface area contributed by atoms with Crippen LogP contribution >= 0.6 is 11.6 Å². The molecule has 3 rings (SSSR count). The Morgan fingerprint density at radius 1 is 1.09 bits per heavy atom. The lowest BCUT2D eigenvalue weighted by Gasteiger charge is -2.12. The summed E-state index contributed by atoms with van der Waals surface area (Å²) in [5.41, 5.74) is 0.870. The number of carbonyl (C=O) groups is 2. The largest absolute Gasteiger partial charge is 0.459 e. The highest BCUT2D eigenvalue weighted by molar-refractivity contribution is 7.96. The molecule has 0 fully saturated rings. The Morgan fingerprint density at radius 2 is 1.74 bits per heavy atom. The van der Waals surface area contributed by atoms with Gasteiger partial charge in [-0.15, -0.1) is 0 Å². The molecular weight excluding hydrogens is 482 g/mol. The number of ether oxygens (including phenoxy) is 3. The van der Waals surface area contributed by atoms with Gasteiger partial charge in [-0.05, 0) is 43.3 Å². The van der Waals surface area contributed by atoms with Crippen LogP contribution in [0.3, 0.4) is 0 Å². The zero-order valence-corrected chi connectivity index (χ0v) is 20.1. The molecule has 34 heavy (non-hydrogen) atoms. The molecule has 0 amide bonds. The van der Waals surface area contributed by atoms with Crippen LogP contribution in [-0.2, 0) is 28.9 Å². The third-order valence-electron chi connectivity index (χ3n) is 4.65. The lowest BCUT2D eigenvalue weighted by Crippen LogP contribution is -2.20. The highest BCUT2D eigenvalue weighted by Gasteiger charge is 2.29. The van der Waals surface area contributed by atoms with E-state index in [4.69, 9.17) is 25.8 Å². The van der Waals surface area contributed by atoms with Gasteiger partial charge >= 0.3 is 11.9 Å². The third-order valence-corrected chi connectivity index (χ3v) is 6.66. The summed E-state index contributed by atoms with van der Waals surface area (Å²) in [6.45, 7) is 4.34. The summed E-state index contributed by atoms with van der Waals surface area (Å²) in [4.78, 5) is 25.2. The van der Waals surface area contributed by atoms with Crippen molar-refractivity contribution in [3.8, 4) is 5.75 Å². The molecule has 0 atom stereocenters. The van der Waals surface area contributed by atoms with Crippen molar-refractivity contribution in [2.75, 3.05) is 25.2 Å². The van der Waals surface area contributed by atoms with Crippen molar-refractivity contribution < 1.29 is 32.2 Å². The van der Waals surface area contributed by atoms with Gasteiger partial charge in [-0.1, -0.05) is 36.4 Å². The van der Waals surface area contributed by atoms with Gasteiger partial charge < -0.3 is 19.1 Å². The summed E-state index contributed by atoms with van der Waals surface area (Å²) in [5, 5.41) is 0.509. The van der Waals surface area contributed by atoms with Crippen LogP contribution in [0.1, 0.15) is 6.92 Å². The molecule has 1 aliphatic heterocycles.